The zero-order valence-electron chi connectivity index (χ0n) is 17.5. The molecule has 33 heavy (non-hydrogen) atoms. The van der Waals surface area contributed by atoms with Gasteiger partial charge in [0.15, 0.2) is 16.2 Å². The smallest absolute Gasteiger partial charge is 0.301 e. The molecule has 5 rings (SSSR count). The number of rotatable bonds is 7. The molecule has 2 heterocycles. The molecule has 2 aromatic heterocycles. The topological polar surface area (TPSA) is 61.7 Å². The fourth-order valence-electron chi connectivity index (χ4n) is 3.52. The Bertz CT molecular complexity index is 1400. The van der Waals surface area contributed by atoms with Crippen LogP contribution < -0.4 is 9.88 Å². The van der Waals surface area contributed by atoms with Crippen molar-refractivity contribution in [3.05, 3.63) is 95.6 Å². The number of hydrogen-bond acceptors (Lipinski definition) is 4. The Balaban J connectivity index is 1.28. The number of amides is 1. The lowest BCUT2D eigenvalue weighted by molar-refractivity contribution is -0.700. The number of aromatic amines is 1. The highest BCUT2D eigenvalue weighted by Crippen LogP contribution is 2.25. The van der Waals surface area contributed by atoms with E-state index in [0.717, 1.165) is 21.8 Å². The number of carbonyl (C=O) groups is 1. The first-order valence-corrected chi connectivity index (χ1v) is 12.2. The van der Waals surface area contributed by atoms with Crippen molar-refractivity contribution in [2.24, 2.45) is 0 Å². The van der Waals surface area contributed by atoms with E-state index in [-0.39, 0.29) is 17.5 Å². The summed E-state index contributed by atoms with van der Waals surface area (Å²) in [5.41, 5.74) is 4.82. The number of H-pyrrole nitrogens is 1. The second-order valence-electron chi connectivity index (χ2n) is 7.40. The first-order valence-electron chi connectivity index (χ1n) is 10.3. The van der Waals surface area contributed by atoms with Crippen molar-refractivity contribution in [3.63, 3.8) is 0 Å². The van der Waals surface area contributed by atoms with Gasteiger partial charge < -0.3 is 5.32 Å². The van der Waals surface area contributed by atoms with E-state index in [1.54, 1.807) is 12.1 Å². The second kappa shape index (κ2) is 9.56. The summed E-state index contributed by atoms with van der Waals surface area (Å²) in [7, 11) is 0. The molecular weight excluding hydrogens is 455 g/mol. The van der Waals surface area contributed by atoms with Crippen LogP contribution in [0.4, 0.5) is 9.52 Å². The molecule has 164 valence electrons. The lowest BCUT2D eigenvalue weighted by Crippen LogP contribution is -2.35. The van der Waals surface area contributed by atoms with Crippen molar-refractivity contribution in [2.75, 3.05) is 11.1 Å². The summed E-state index contributed by atoms with van der Waals surface area (Å²) in [5.74, 6) is -0.182. The zero-order valence-corrected chi connectivity index (χ0v) is 19.1. The third-order valence-electron chi connectivity index (χ3n) is 5.10. The maximum Gasteiger partial charge on any atom is 0.317 e. The summed E-state index contributed by atoms with van der Waals surface area (Å²) < 4.78 is 15.3. The van der Waals surface area contributed by atoms with E-state index in [1.165, 1.54) is 40.8 Å². The van der Waals surface area contributed by atoms with Gasteiger partial charge in [0.05, 0.1) is 11.4 Å². The summed E-state index contributed by atoms with van der Waals surface area (Å²) in [5, 5.41) is 6.16. The van der Waals surface area contributed by atoms with Crippen molar-refractivity contribution < 1.29 is 13.8 Å². The number of carbonyl (C=O) groups excluding carboxylic acids is 1. The molecule has 0 bridgehead atoms. The lowest BCUT2D eigenvalue weighted by Gasteiger charge is -2.03. The quantitative estimate of drug-likeness (QED) is 0.241. The van der Waals surface area contributed by atoms with Crippen LogP contribution in [0.3, 0.4) is 0 Å². The number of nitrogens with zero attached hydrogens (tertiary/aromatic N) is 2. The van der Waals surface area contributed by atoms with Gasteiger partial charge in [0.2, 0.25) is 5.91 Å². The van der Waals surface area contributed by atoms with Crippen LogP contribution in [0.1, 0.15) is 5.56 Å². The lowest BCUT2D eigenvalue weighted by atomic mass is 10.2. The number of aromatic nitrogens is 3. The van der Waals surface area contributed by atoms with Crippen molar-refractivity contribution in [1.82, 2.24) is 9.97 Å². The molecule has 5 nitrogen and oxygen atoms in total. The molecule has 0 saturated carbocycles. The van der Waals surface area contributed by atoms with E-state index in [0.29, 0.717) is 17.4 Å². The molecule has 0 aliphatic carbocycles. The van der Waals surface area contributed by atoms with Gasteiger partial charge in [-0.25, -0.2) is 18.9 Å². The Kier molecular flexibility index (Phi) is 6.19. The summed E-state index contributed by atoms with van der Waals surface area (Å²) in [6.45, 7) is 0.711. The number of anilines is 1. The van der Waals surface area contributed by atoms with E-state index in [9.17, 15) is 9.18 Å². The average molecular weight is 476 g/mol. The van der Waals surface area contributed by atoms with Gasteiger partial charge in [-0.2, -0.15) is 0 Å². The normalized spacial score (nSPS) is 11.1. The number of imidazole rings is 1. The number of thioether (sulfide) groups is 1. The van der Waals surface area contributed by atoms with Crippen LogP contribution in [0.5, 0.6) is 0 Å². The van der Waals surface area contributed by atoms with Crippen LogP contribution >= 0.6 is 23.1 Å². The summed E-state index contributed by atoms with van der Waals surface area (Å²) in [6, 6.07) is 24.5. The van der Waals surface area contributed by atoms with Gasteiger partial charge in [-0.15, -0.1) is 11.3 Å². The van der Waals surface area contributed by atoms with Gasteiger partial charge >= 0.3 is 5.16 Å². The fraction of sp³-hybridized carbons (Fsp3) is 0.0800. The highest BCUT2D eigenvalue weighted by Gasteiger charge is 2.20. The number of benzene rings is 3. The number of para-hydroxylation sites is 2. The van der Waals surface area contributed by atoms with Crippen LogP contribution in [-0.2, 0) is 11.3 Å². The summed E-state index contributed by atoms with van der Waals surface area (Å²) >= 11 is 2.80. The maximum absolute atomic E-state index is 13.1. The summed E-state index contributed by atoms with van der Waals surface area (Å²) in [4.78, 5) is 20.5. The summed E-state index contributed by atoms with van der Waals surface area (Å²) in [6.07, 6.45) is 0. The Morgan fingerprint density at radius 3 is 2.61 bits per heavy atom. The molecular formula is C25H20FN4OS2+. The average Bonchev–Trinajstić information content (AvgIpc) is 3.44. The third-order valence-corrected chi connectivity index (χ3v) is 6.86. The number of fused-ring (bicyclic) bond motifs is 1. The SMILES string of the molecule is O=C(CSc1[nH]c2ccccc2[n+]1Cc1ccccc1)Nc1nc(-c2ccc(F)cc2)cs1. The molecule has 1 amide bonds. The van der Waals surface area contributed by atoms with Crippen LogP contribution in [-0.4, -0.2) is 21.6 Å². The number of hydrogen-bond donors (Lipinski definition) is 2. The van der Waals surface area contributed by atoms with E-state index in [2.05, 4.69) is 38.1 Å². The second-order valence-corrected chi connectivity index (χ2v) is 9.22. The van der Waals surface area contributed by atoms with Crippen LogP contribution in [0.25, 0.3) is 22.3 Å². The molecule has 0 radical (unpaired) electrons. The van der Waals surface area contributed by atoms with Crippen LogP contribution in [0.15, 0.2) is 89.4 Å². The molecule has 5 aromatic rings. The first kappa shape index (κ1) is 21.4. The van der Waals surface area contributed by atoms with Crippen molar-refractivity contribution >= 4 is 45.2 Å². The maximum atomic E-state index is 13.1. The van der Waals surface area contributed by atoms with Gasteiger partial charge in [-0.3, -0.25) is 4.79 Å². The largest absolute Gasteiger partial charge is 0.317 e. The molecule has 0 fully saturated rings. The fourth-order valence-corrected chi connectivity index (χ4v) is 5.09. The third kappa shape index (κ3) is 4.97. The molecule has 2 N–H and O–H groups in total. The molecule has 0 atom stereocenters. The number of halogens is 1. The van der Waals surface area contributed by atoms with E-state index < -0.39 is 0 Å². The standard InChI is InChI=1S/C25H19FN4OS2/c26-19-12-10-18(11-13-19)21-15-32-24(27-21)29-23(31)16-33-25-28-20-8-4-5-9-22(20)30(25)14-17-6-2-1-3-7-17/h1-13,15H,14,16H2,(H,27,29,31)/p+1. The zero-order chi connectivity index (χ0) is 22.6. The Labute approximate surface area is 198 Å². The van der Waals surface area contributed by atoms with Gasteiger partial charge in [0.1, 0.15) is 12.4 Å². The molecule has 0 saturated heterocycles. The first-order chi connectivity index (χ1) is 16.2. The van der Waals surface area contributed by atoms with Crippen LogP contribution in [0.2, 0.25) is 0 Å². The van der Waals surface area contributed by atoms with Crippen molar-refractivity contribution in [3.8, 4) is 11.3 Å². The minimum Gasteiger partial charge on any atom is -0.301 e. The highest BCUT2D eigenvalue weighted by molar-refractivity contribution is 7.99. The van der Waals surface area contributed by atoms with E-state index in [4.69, 9.17) is 0 Å². The molecule has 0 aliphatic rings. The Hall–Kier alpha value is -3.49. The predicted octanol–water partition coefficient (Wildman–Crippen LogP) is 5.50. The van der Waals surface area contributed by atoms with Crippen molar-refractivity contribution in [2.45, 2.75) is 11.7 Å². The van der Waals surface area contributed by atoms with Crippen LogP contribution in [0, 0.1) is 5.82 Å². The van der Waals surface area contributed by atoms with E-state index in [1.807, 2.05) is 41.8 Å². The van der Waals surface area contributed by atoms with Gasteiger partial charge in [-0.05, 0) is 53.7 Å². The highest BCUT2D eigenvalue weighted by atomic mass is 32.2. The Morgan fingerprint density at radius 1 is 1.03 bits per heavy atom. The Morgan fingerprint density at radius 2 is 1.79 bits per heavy atom. The molecule has 0 spiro atoms. The molecule has 3 aromatic carbocycles. The van der Waals surface area contributed by atoms with Crippen molar-refractivity contribution in [1.29, 1.82) is 0 Å². The monoisotopic (exact) mass is 475 g/mol. The molecule has 0 aliphatic heterocycles. The number of thiazole rings is 1. The van der Waals surface area contributed by atoms with Gasteiger partial charge in [0, 0.05) is 10.9 Å². The minimum atomic E-state index is -0.291. The number of nitrogens with one attached hydrogen (secondary N) is 2. The minimum absolute atomic E-state index is 0.134. The van der Waals surface area contributed by atoms with Gasteiger partial charge in [0.25, 0.3) is 0 Å². The molecule has 0 unspecified atom stereocenters. The van der Waals surface area contributed by atoms with E-state index >= 15 is 0 Å². The van der Waals surface area contributed by atoms with Gasteiger partial charge in [-0.1, -0.05) is 42.5 Å². The predicted molar refractivity (Wildman–Crippen MR) is 131 cm³/mol. The molecule has 8 heteroatoms.